The van der Waals surface area contributed by atoms with Crippen molar-refractivity contribution >= 4 is 11.8 Å². The summed E-state index contributed by atoms with van der Waals surface area (Å²) in [6.45, 7) is 5.24. The van der Waals surface area contributed by atoms with E-state index in [1.807, 2.05) is 26.0 Å². The molecule has 0 aromatic heterocycles. The molecule has 0 atom stereocenters. The summed E-state index contributed by atoms with van der Waals surface area (Å²) in [6, 6.07) is 12.4. The van der Waals surface area contributed by atoms with Crippen molar-refractivity contribution < 1.29 is 19.1 Å². The number of nitrogens with one attached hydrogen (secondary N) is 1. The van der Waals surface area contributed by atoms with Crippen molar-refractivity contribution in [1.82, 2.24) is 10.2 Å². The molecule has 0 radical (unpaired) electrons. The van der Waals surface area contributed by atoms with Crippen LogP contribution in [-0.2, 0) is 6.54 Å². The van der Waals surface area contributed by atoms with E-state index in [0.717, 1.165) is 5.56 Å². The van der Waals surface area contributed by atoms with Crippen molar-refractivity contribution in [2.45, 2.75) is 20.4 Å². The smallest absolute Gasteiger partial charge is 0.254 e. The maximum atomic E-state index is 12.8. The van der Waals surface area contributed by atoms with E-state index >= 15 is 0 Å². The van der Waals surface area contributed by atoms with Crippen LogP contribution in [0.25, 0.3) is 0 Å². The maximum absolute atomic E-state index is 12.8. The zero-order valence-corrected chi connectivity index (χ0v) is 16.2. The Morgan fingerprint density at radius 1 is 0.926 bits per heavy atom. The highest BCUT2D eigenvalue weighted by molar-refractivity contribution is 5.95. The van der Waals surface area contributed by atoms with E-state index in [2.05, 4.69) is 5.32 Å². The van der Waals surface area contributed by atoms with Gasteiger partial charge in [0.15, 0.2) is 11.5 Å². The van der Waals surface area contributed by atoms with Gasteiger partial charge in [-0.05, 0) is 49.7 Å². The molecule has 1 N–H and O–H groups in total. The molecule has 2 aromatic carbocycles. The number of hydrogen-bond donors (Lipinski definition) is 1. The third-order valence-corrected chi connectivity index (χ3v) is 4.00. The van der Waals surface area contributed by atoms with Crippen LogP contribution in [0, 0.1) is 0 Å². The molecule has 2 rings (SSSR count). The van der Waals surface area contributed by atoms with Gasteiger partial charge in [0.1, 0.15) is 0 Å². The first-order valence-corrected chi connectivity index (χ1v) is 8.96. The first-order valence-electron chi connectivity index (χ1n) is 8.96. The molecule has 0 heterocycles. The van der Waals surface area contributed by atoms with Crippen LogP contribution in [0.4, 0.5) is 0 Å². The zero-order valence-electron chi connectivity index (χ0n) is 16.2. The molecular formula is C21H26N2O4. The number of amides is 2. The molecule has 0 bridgehead atoms. The van der Waals surface area contributed by atoms with E-state index in [9.17, 15) is 9.59 Å². The quantitative estimate of drug-likeness (QED) is 0.775. The fourth-order valence-electron chi connectivity index (χ4n) is 2.66. The van der Waals surface area contributed by atoms with Gasteiger partial charge in [0.2, 0.25) is 0 Å². The Morgan fingerprint density at radius 3 is 2.11 bits per heavy atom. The van der Waals surface area contributed by atoms with Gasteiger partial charge >= 0.3 is 0 Å². The maximum Gasteiger partial charge on any atom is 0.254 e. The van der Waals surface area contributed by atoms with Gasteiger partial charge in [-0.3, -0.25) is 9.59 Å². The third kappa shape index (κ3) is 5.23. The summed E-state index contributed by atoms with van der Waals surface area (Å²) in [5.74, 6) is 0.940. The summed E-state index contributed by atoms with van der Waals surface area (Å²) in [4.78, 5) is 26.0. The van der Waals surface area contributed by atoms with Gasteiger partial charge in [-0.25, -0.2) is 0 Å². The molecule has 0 saturated heterocycles. The molecular weight excluding hydrogens is 344 g/mol. The van der Waals surface area contributed by atoms with Gasteiger partial charge in [-0.2, -0.15) is 0 Å². The van der Waals surface area contributed by atoms with Crippen molar-refractivity contribution in [1.29, 1.82) is 0 Å². The van der Waals surface area contributed by atoms with Crippen LogP contribution < -0.4 is 14.8 Å². The van der Waals surface area contributed by atoms with Crippen molar-refractivity contribution in [3.8, 4) is 11.5 Å². The predicted octanol–water partition coefficient (Wildman–Crippen LogP) is 3.12. The van der Waals surface area contributed by atoms with E-state index < -0.39 is 0 Å². The van der Waals surface area contributed by atoms with Crippen LogP contribution in [-0.4, -0.2) is 44.0 Å². The minimum absolute atomic E-state index is 0.116. The topological polar surface area (TPSA) is 67.9 Å². The van der Waals surface area contributed by atoms with E-state index in [0.29, 0.717) is 42.4 Å². The van der Waals surface area contributed by atoms with Crippen LogP contribution >= 0.6 is 0 Å². The van der Waals surface area contributed by atoms with Crippen LogP contribution in [0.15, 0.2) is 42.5 Å². The fourth-order valence-corrected chi connectivity index (χ4v) is 2.66. The summed E-state index contributed by atoms with van der Waals surface area (Å²) in [5, 5.41) is 2.58. The summed E-state index contributed by atoms with van der Waals surface area (Å²) in [5.41, 5.74) is 2.06. The van der Waals surface area contributed by atoms with Gasteiger partial charge in [-0.1, -0.05) is 12.1 Å². The van der Waals surface area contributed by atoms with Gasteiger partial charge < -0.3 is 19.7 Å². The van der Waals surface area contributed by atoms with Crippen molar-refractivity contribution in [3.63, 3.8) is 0 Å². The molecule has 2 amide bonds. The Labute approximate surface area is 160 Å². The van der Waals surface area contributed by atoms with Crippen LogP contribution in [0.3, 0.4) is 0 Å². The minimum atomic E-state index is -0.135. The number of benzene rings is 2. The van der Waals surface area contributed by atoms with E-state index in [1.54, 1.807) is 49.3 Å². The first-order chi connectivity index (χ1) is 13.0. The average Bonchev–Trinajstić information content (AvgIpc) is 2.69. The minimum Gasteiger partial charge on any atom is -0.490 e. The Balaban J connectivity index is 2.12. The lowest BCUT2D eigenvalue weighted by atomic mass is 10.1. The lowest BCUT2D eigenvalue weighted by Gasteiger charge is -2.19. The highest BCUT2D eigenvalue weighted by atomic mass is 16.5. The average molecular weight is 370 g/mol. The number of carbonyl (C=O) groups excluding carboxylic acids is 2. The molecule has 0 aliphatic carbocycles. The molecule has 0 spiro atoms. The Bertz CT molecular complexity index is 787. The third-order valence-electron chi connectivity index (χ3n) is 4.00. The Kier molecular flexibility index (Phi) is 7.23. The van der Waals surface area contributed by atoms with Crippen LogP contribution in [0.1, 0.15) is 40.1 Å². The highest BCUT2D eigenvalue weighted by Gasteiger charge is 2.16. The highest BCUT2D eigenvalue weighted by Crippen LogP contribution is 2.29. The molecule has 0 aliphatic rings. The second-order valence-corrected chi connectivity index (χ2v) is 5.96. The first kappa shape index (κ1) is 20.3. The monoisotopic (exact) mass is 370 g/mol. The fraction of sp³-hybridized carbons (Fsp3) is 0.333. The molecule has 0 unspecified atom stereocenters. The summed E-state index contributed by atoms with van der Waals surface area (Å²) in [7, 11) is 3.34. The van der Waals surface area contributed by atoms with E-state index in [4.69, 9.17) is 9.47 Å². The molecule has 0 aliphatic heterocycles. The number of hydrogen-bond acceptors (Lipinski definition) is 4. The van der Waals surface area contributed by atoms with Gasteiger partial charge in [-0.15, -0.1) is 0 Å². The molecule has 6 nitrogen and oxygen atoms in total. The summed E-state index contributed by atoms with van der Waals surface area (Å²) in [6.07, 6.45) is 0. The van der Waals surface area contributed by atoms with Gasteiger partial charge in [0, 0.05) is 31.8 Å². The number of ether oxygens (including phenoxy) is 2. The van der Waals surface area contributed by atoms with Gasteiger partial charge in [0.25, 0.3) is 11.8 Å². The Hall–Kier alpha value is -3.02. The number of rotatable bonds is 8. The molecule has 144 valence electrons. The van der Waals surface area contributed by atoms with Crippen molar-refractivity contribution in [2.24, 2.45) is 0 Å². The zero-order chi connectivity index (χ0) is 19.8. The van der Waals surface area contributed by atoms with Gasteiger partial charge in [0.05, 0.1) is 13.2 Å². The SMILES string of the molecule is CCOc1ccc(C(=O)N(C)Cc2ccc(C(=O)NC)cc2)cc1OCC. The summed E-state index contributed by atoms with van der Waals surface area (Å²) < 4.78 is 11.1. The van der Waals surface area contributed by atoms with Crippen molar-refractivity contribution in [2.75, 3.05) is 27.3 Å². The van der Waals surface area contributed by atoms with Crippen molar-refractivity contribution in [3.05, 3.63) is 59.2 Å². The lowest BCUT2D eigenvalue weighted by molar-refractivity contribution is 0.0784. The predicted molar refractivity (Wildman–Crippen MR) is 104 cm³/mol. The van der Waals surface area contributed by atoms with Crippen LogP contribution in [0.5, 0.6) is 11.5 Å². The number of nitrogens with zero attached hydrogens (tertiary/aromatic N) is 1. The molecule has 0 saturated carbocycles. The molecule has 2 aromatic rings. The number of carbonyl (C=O) groups is 2. The second kappa shape index (κ2) is 9.62. The normalized spacial score (nSPS) is 10.2. The Morgan fingerprint density at radius 2 is 1.52 bits per heavy atom. The van der Waals surface area contributed by atoms with E-state index in [-0.39, 0.29) is 11.8 Å². The molecule has 0 fully saturated rings. The van der Waals surface area contributed by atoms with E-state index in [1.165, 1.54) is 0 Å². The van der Waals surface area contributed by atoms with Crippen LogP contribution in [0.2, 0.25) is 0 Å². The standard InChI is InChI=1S/C21H26N2O4/c1-5-26-18-12-11-17(13-19(18)27-6-2)21(25)23(4)14-15-7-9-16(10-8-15)20(24)22-3/h7-13H,5-6,14H2,1-4H3,(H,22,24). The summed E-state index contributed by atoms with van der Waals surface area (Å²) >= 11 is 0. The lowest BCUT2D eigenvalue weighted by Crippen LogP contribution is -2.26. The molecule has 27 heavy (non-hydrogen) atoms. The largest absolute Gasteiger partial charge is 0.490 e. The molecule has 6 heteroatoms. The second-order valence-electron chi connectivity index (χ2n) is 5.96.